The second-order valence-corrected chi connectivity index (χ2v) is 6.18. The van der Waals surface area contributed by atoms with Crippen LogP contribution in [0, 0.1) is 0 Å². The third kappa shape index (κ3) is 3.54. The molecular weight excluding hydrogens is 326 g/mol. The molecule has 0 unspecified atom stereocenters. The van der Waals surface area contributed by atoms with E-state index in [0.717, 1.165) is 28.1 Å². The number of aryl methyl sites for hydroxylation is 1. The molecule has 0 bridgehead atoms. The van der Waals surface area contributed by atoms with E-state index in [1.807, 2.05) is 72.8 Å². The molecule has 1 atom stereocenters. The van der Waals surface area contributed by atoms with Crippen LogP contribution < -0.4 is 5.32 Å². The SMILES string of the molecule is O=C(CCc1ccco1)N[C@H](c1ccccc1)c1cc2ccccc2o1. The molecule has 0 aliphatic rings. The average Bonchev–Trinajstić information content (AvgIpc) is 3.34. The van der Waals surface area contributed by atoms with Crippen LogP contribution in [0.15, 0.2) is 87.9 Å². The zero-order valence-corrected chi connectivity index (χ0v) is 14.2. The van der Waals surface area contributed by atoms with Crippen LogP contribution in [0.25, 0.3) is 11.0 Å². The molecular formula is C22H19NO3. The number of hydrogen-bond donors (Lipinski definition) is 1. The van der Waals surface area contributed by atoms with E-state index in [9.17, 15) is 4.79 Å². The molecule has 2 heterocycles. The Hall–Kier alpha value is -3.27. The topological polar surface area (TPSA) is 55.4 Å². The summed E-state index contributed by atoms with van der Waals surface area (Å²) in [4.78, 5) is 12.5. The van der Waals surface area contributed by atoms with E-state index in [2.05, 4.69) is 5.32 Å². The number of hydrogen-bond acceptors (Lipinski definition) is 3. The number of carbonyl (C=O) groups excluding carboxylic acids is 1. The van der Waals surface area contributed by atoms with E-state index >= 15 is 0 Å². The van der Waals surface area contributed by atoms with Crippen molar-refractivity contribution in [3.8, 4) is 0 Å². The average molecular weight is 345 g/mol. The number of rotatable bonds is 6. The molecule has 4 aromatic rings. The van der Waals surface area contributed by atoms with Gasteiger partial charge in [0.25, 0.3) is 0 Å². The fourth-order valence-electron chi connectivity index (χ4n) is 3.03. The lowest BCUT2D eigenvalue weighted by molar-refractivity contribution is -0.121. The van der Waals surface area contributed by atoms with Crippen molar-refractivity contribution in [2.24, 2.45) is 0 Å². The van der Waals surface area contributed by atoms with Crippen LogP contribution in [0.1, 0.15) is 29.5 Å². The van der Waals surface area contributed by atoms with Gasteiger partial charge in [-0.15, -0.1) is 0 Å². The molecule has 0 saturated heterocycles. The fourth-order valence-corrected chi connectivity index (χ4v) is 3.03. The van der Waals surface area contributed by atoms with Gasteiger partial charge in [0.2, 0.25) is 5.91 Å². The summed E-state index contributed by atoms with van der Waals surface area (Å²) >= 11 is 0. The highest BCUT2D eigenvalue weighted by Gasteiger charge is 2.20. The van der Waals surface area contributed by atoms with Crippen LogP contribution in [0.5, 0.6) is 0 Å². The van der Waals surface area contributed by atoms with Crippen molar-refractivity contribution in [1.29, 1.82) is 0 Å². The molecule has 2 aromatic carbocycles. The molecule has 0 saturated carbocycles. The number of amides is 1. The largest absolute Gasteiger partial charge is 0.469 e. The molecule has 1 N–H and O–H groups in total. The first-order valence-electron chi connectivity index (χ1n) is 8.65. The molecule has 2 aromatic heterocycles. The van der Waals surface area contributed by atoms with Crippen LogP contribution in [-0.4, -0.2) is 5.91 Å². The Morgan fingerprint density at radius 3 is 2.54 bits per heavy atom. The highest BCUT2D eigenvalue weighted by atomic mass is 16.3. The summed E-state index contributed by atoms with van der Waals surface area (Å²) in [6.45, 7) is 0. The predicted octanol–water partition coefficient (Wildman–Crippen LogP) is 4.86. The first kappa shape index (κ1) is 16.2. The van der Waals surface area contributed by atoms with Crippen molar-refractivity contribution >= 4 is 16.9 Å². The van der Waals surface area contributed by atoms with Crippen LogP contribution in [-0.2, 0) is 11.2 Å². The smallest absolute Gasteiger partial charge is 0.221 e. The van der Waals surface area contributed by atoms with Gasteiger partial charge in [0.15, 0.2) is 0 Å². The Morgan fingerprint density at radius 2 is 1.77 bits per heavy atom. The van der Waals surface area contributed by atoms with Crippen molar-refractivity contribution < 1.29 is 13.6 Å². The van der Waals surface area contributed by atoms with Gasteiger partial charge in [0, 0.05) is 18.2 Å². The third-order valence-corrected chi connectivity index (χ3v) is 4.35. The van der Waals surface area contributed by atoms with E-state index in [1.54, 1.807) is 6.26 Å². The van der Waals surface area contributed by atoms with Crippen LogP contribution >= 0.6 is 0 Å². The molecule has 4 heteroatoms. The maximum atomic E-state index is 12.5. The first-order chi connectivity index (χ1) is 12.8. The van der Waals surface area contributed by atoms with Crippen molar-refractivity contribution in [3.63, 3.8) is 0 Å². The predicted molar refractivity (Wildman–Crippen MR) is 99.7 cm³/mol. The standard InChI is InChI=1S/C22H19NO3/c24-21(13-12-18-10-6-14-25-18)23-22(16-7-2-1-3-8-16)20-15-17-9-4-5-11-19(17)26-20/h1-11,14-15,22H,12-13H2,(H,23,24)/t22-/m1/s1. The van der Waals surface area contributed by atoms with Gasteiger partial charge in [-0.3, -0.25) is 4.79 Å². The fraction of sp³-hybridized carbons (Fsp3) is 0.136. The summed E-state index contributed by atoms with van der Waals surface area (Å²) in [5.41, 5.74) is 1.80. The Bertz CT molecular complexity index is 954. The zero-order chi connectivity index (χ0) is 17.8. The maximum Gasteiger partial charge on any atom is 0.221 e. The molecule has 0 spiro atoms. The minimum absolute atomic E-state index is 0.0456. The van der Waals surface area contributed by atoms with Gasteiger partial charge in [-0.2, -0.15) is 0 Å². The number of nitrogens with one attached hydrogen (secondary N) is 1. The van der Waals surface area contributed by atoms with Crippen LogP contribution in [0.4, 0.5) is 0 Å². The minimum Gasteiger partial charge on any atom is -0.469 e. The lowest BCUT2D eigenvalue weighted by Crippen LogP contribution is -2.29. The summed E-state index contributed by atoms with van der Waals surface area (Å²) in [7, 11) is 0. The number of carbonyl (C=O) groups is 1. The molecule has 0 fully saturated rings. The van der Waals surface area contributed by atoms with E-state index in [-0.39, 0.29) is 11.9 Å². The maximum absolute atomic E-state index is 12.5. The monoisotopic (exact) mass is 345 g/mol. The zero-order valence-electron chi connectivity index (χ0n) is 14.2. The van der Waals surface area contributed by atoms with Crippen molar-refractivity contribution in [1.82, 2.24) is 5.32 Å². The van der Waals surface area contributed by atoms with Crippen molar-refractivity contribution in [2.45, 2.75) is 18.9 Å². The van der Waals surface area contributed by atoms with Crippen molar-refractivity contribution in [3.05, 3.63) is 96.1 Å². The summed E-state index contributed by atoms with van der Waals surface area (Å²) in [5.74, 6) is 1.49. The number of para-hydroxylation sites is 1. The van der Waals surface area contributed by atoms with Gasteiger partial charge in [-0.25, -0.2) is 0 Å². The molecule has 4 nitrogen and oxygen atoms in total. The quantitative estimate of drug-likeness (QED) is 0.543. The second-order valence-electron chi connectivity index (χ2n) is 6.18. The molecule has 4 rings (SSSR count). The van der Waals surface area contributed by atoms with E-state index in [4.69, 9.17) is 8.83 Å². The summed E-state index contributed by atoms with van der Waals surface area (Å²) in [5, 5.41) is 4.12. The lowest BCUT2D eigenvalue weighted by Gasteiger charge is -2.17. The van der Waals surface area contributed by atoms with Crippen LogP contribution in [0.3, 0.4) is 0 Å². The van der Waals surface area contributed by atoms with Gasteiger partial charge < -0.3 is 14.2 Å². The van der Waals surface area contributed by atoms with Gasteiger partial charge >= 0.3 is 0 Å². The van der Waals surface area contributed by atoms with E-state index in [0.29, 0.717) is 12.8 Å². The molecule has 0 aliphatic heterocycles. The normalized spacial score (nSPS) is 12.2. The Balaban J connectivity index is 1.57. The van der Waals surface area contributed by atoms with Gasteiger partial charge in [-0.05, 0) is 29.8 Å². The Kier molecular flexibility index (Phi) is 4.56. The molecule has 0 radical (unpaired) electrons. The highest BCUT2D eigenvalue weighted by Crippen LogP contribution is 2.28. The molecule has 0 aliphatic carbocycles. The van der Waals surface area contributed by atoms with E-state index < -0.39 is 0 Å². The molecule has 130 valence electrons. The van der Waals surface area contributed by atoms with Crippen molar-refractivity contribution in [2.75, 3.05) is 0 Å². The van der Waals surface area contributed by atoms with Gasteiger partial charge in [0.05, 0.1) is 6.26 Å². The Labute approximate surface area is 151 Å². The summed E-state index contributed by atoms with van der Waals surface area (Å²) in [6.07, 6.45) is 2.55. The highest BCUT2D eigenvalue weighted by molar-refractivity contribution is 5.79. The summed E-state index contributed by atoms with van der Waals surface area (Å²) in [6, 6.07) is 23.1. The van der Waals surface area contributed by atoms with Crippen LogP contribution in [0.2, 0.25) is 0 Å². The lowest BCUT2D eigenvalue weighted by atomic mass is 10.0. The summed E-state index contributed by atoms with van der Waals surface area (Å²) < 4.78 is 11.3. The third-order valence-electron chi connectivity index (χ3n) is 4.35. The Morgan fingerprint density at radius 1 is 0.962 bits per heavy atom. The number of benzene rings is 2. The number of fused-ring (bicyclic) bond motifs is 1. The number of furan rings is 2. The first-order valence-corrected chi connectivity index (χ1v) is 8.65. The van der Waals surface area contributed by atoms with Gasteiger partial charge in [-0.1, -0.05) is 48.5 Å². The second kappa shape index (κ2) is 7.31. The van der Waals surface area contributed by atoms with E-state index in [1.165, 1.54) is 0 Å². The minimum atomic E-state index is -0.326. The van der Waals surface area contributed by atoms with Gasteiger partial charge in [0.1, 0.15) is 23.1 Å². The molecule has 26 heavy (non-hydrogen) atoms. The molecule has 1 amide bonds.